The van der Waals surface area contributed by atoms with E-state index < -0.39 is 11.4 Å². The third-order valence-corrected chi connectivity index (χ3v) is 6.56. The monoisotopic (exact) mass is 432 g/mol. The zero-order valence-electron chi connectivity index (χ0n) is 18.9. The average Bonchev–Trinajstić information content (AvgIpc) is 3.53. The van der Waals surface area contributed by atoms with Gasteiger partial charge in [0.25, 0.3) is 0 Å². The number of carbonyl (C=O) groups excluding carboxylic acids is 1. The highest BCUT2D eigenvalue weighted by Gasteiger charge is 2.51. The zero-order valence-corrected chi connectivity index (χ0v) is 18.9. The summed E-state index contributed by atoms with van der Waals surface area (Å²) in [5, 5.41) is 13.6. The average molecular weight is 433 g/mol. The number of hydrogen-bond acceptors (Lipinski definition) is 4. The van der Waals surface area contributed by atoms with Gasteiger partial charge in [0, 0.05) is 24.2 Å². The predicted octanol–water partition coefficient (Wildman–Crippen LogP) is 4.84. The molecule has 0 saturated heterocycles. The first-order chi connectivity index (χ1) is 15.2. The summed E-state index contributed by atoms with van der Waals surface area (Å²) < 4.78 is 5.57. The van der Waals surface area contributed by atoms with Gasteiger partial charge >= 0.3 is 5.97 Å². The Kier molecular flexibility index (Phi) is 5.63. The first kappa shape index (κ1) is 21.8. The molecule has 3 aromatic rings. The van der Waals surface area contributed by atoms with E-state index in [0.29, 0.717) is 18.6 Å². The molecule has 1 fully saturated rings. The van der Waals surface area contributed by atoms with Gasteiger partial charge in [-0.25, -0.2) is 0 Å². The van der Waals surface area contributed by atoms with Crippen LogP contribution in [0.1, 0.15) is 43.5 Å². The van der Waals surface area contributed by atoms with Gasteiger partial charge in [-0.15, -0.1) is 0 Å². The highest BCUT2D eigenvalue weighted by molar-refractivity contribution is 5.85. The molecule has 0 aliphatic heterocycles. The van der Waals surface area contributed by atoms with E-state index in [-0.39, 0.29) is 18.4 Å². The van der Waals surface area contributed by atoms with E-state index in [0.717, 1.165) is 33.5 Å². The fraction of sp³-hybridized carbons (Fsp3) is 0.346. The molecule has 1 saturated carbocycles. The molecule has 1 N–H and O–H groups in total. The van der Waals surface area contributed by atoms with Crippen molar-refractivity contribution < 1.29 is 19.2 Å². The van der Waals surface area contributed by atoms with E-state index in [9.17, 15) is 14.7 Å². The number of amides is 1. The molecular weight excluding hydrogens is 404 g/mol. The second-order valence-electron chi connectivity index (χ2n) is 8.89. The second-order valence-corrected chi connectivity index (χ2v) is 8.89. The number of nitrogens with zero attached hydrogens (tertiary/aromatic N) is 2. The lowest BCUT2D eigenvalue weighted by molar-refractivity contribution is -0.140. The third kappa shape index (κ3) is 3.93. The van der Waals surface area contributed by atoms with E-state index in [2.05, 4.69) is 5.16 Å². The molecule has 0 radical (unpaired) electrons. The summed E-state index contributed by atoms with van der Waals surface area (Å²) in [6.45, 7) is 5.82. The van der Waals surface area contributed by atoms with Crippen LogP contribution in [0.2, 0.25) is 0 Å². The van der Waals surface area contributed by atoms with Crippen LogP contribution in [-0.4, -0.2) is 40.1 Å². The first-order valence-electron chi connectivity index (χ1n) is 10.9. The Morgan fingerprint density at radius 2 is 1.56 bits per heavy atom. The Morgan fingerprint density at radius 1 is 1.03 bits per heavy atom. The molecule has 2 aromatic carbocycles. The van der Waals surface area contributed by atoms with Gasteiger partial charge in [0.15, 0.2) is 5.76 Å². The number of carboxylic acid groups (broad SMARTS) is 1. The molecule has 0 unspecified atom stereocenters. The van der Waals surface area contributed by atoms with Crippen LogP contribution in [-0.2, 0) is 21.4 Å². The molecule has 4 rings (SSSR count). The van der Waals surface area contributed by atoms with E-state index in [1.807, 2.05) is 69.3 Å². The van der Waals surface area contributed by atoms with Crippen molar-refractivity contribution in [1.29, 1.82) is 0 Å². The molecule has 1 heterocycles. The fourth-order valence-corrected chi connectivity index (χ4v) is 3.93. The zero-order chi connectivity index (χ0) is 23.0. The highest BCUT2D eigenvalue weighted by atomic mass is 16.5. The topological polar surface area (TPSA) is 83.6 Å². The van der Waals surface area contributed by atoms with Crippen LogP contribution in [0, 0.1) is 6.92 Å². The van der Waals surface area contributed by atoms with Gasteiger partial charge in [0.2, 0.25) is 5.91 Å². The lowest BCUT2D eigenvalue weighted by Gasteiger charge is -2.21. The lowest BCUT2D eigenvalue weighted by atomic mass is 9.93. The molecule has 1 amide bonds. The molecular formula is C26H28N2O4. The highest BCUT2D eigenvalue weighted by Crippen LogP contribution is 2.48. The summed E-state index contributed by atoms with van der Waals surface area (Å²) in [4.78, 5) is 25.9. The molecule has 166 valence electrons. The summed E-state index contributed by atoms with van der Waals surface area (Å²) in [6, 6.07) is 15.8. The van der Waals surface area contributed by atoms with Crippen LogP contribution < -0.4 is 0 Å². The maximum absolute atomic E-state index is 12.6. The quantitative estimate of drug-likeness (QED) is 0.577. The van der Waals surface area contributed by atoms with Crippen molar-refractivity contribution in [3.05, 3.63) is 65.4 Å². The Hall–Kier alpha value is -3.41. The predicted molar refractivity (Wildman–Crippen MR) is 122 cm³/mol. The van der Waals surface area contributed by atoms with Gasteiger partial charge in [0.05, 0.1) is 17.5 Å². The van der Waals surface area contributed by atoms with Crippen LogP contribution in [0.15, 0.2) is 53.1 Å². The second kappa shape index (κ2) is 8.26. The number of aryl methyl sites for hydroxylation is 1. The van der Waals surface area contributed by atoms with Crippen LogP contribution >= 0.6 is 0 Å². The van der Waals surface area contributed by atoms with Gasteiger partial charge < -0.3 is 14.5 Å². The Labute approximate surface area is 187 Å². The van der Waals surface area contributed by atoms with Crippen molar-refractivity contribution in [1.82, 2.24) is 10.1 Å². The number of aliphatic carboxylic acids is 1. The summed E-state index contributed by atoms with van der Waals surface area (Å²) in [6.07, 6.45) is 1.64. The number of carboxylic acids is 1. The van der Waals surface area contributed by atoms with Crippen molar-refractivity contribution in [3.8, 4) is 22.5 Å². The Bertz CT molecular complexity index is 1140. The molecule has 0 atom stereocenters. The van der Waals surface area contributed by atoms with Gasteiger partial charge in [-0.05, 0) is 50.3 Å². The van der Waals surface area contributed by atoms with Crippen molar-refractivity contribution in [2.24, 2.45) is 0 Å². The molecule has 32 heavy (non-hydrogen) atoms. The lowest BCUT2D eigenvalue weighted by Crippen LogP contribution is -2.34. The minimum atomic E-state index is -0.745. The molecule has 1 aliphatic rings. The summed E-state index contributed by atoms with van der Waals surface area (Å²) in [5.41, 5.74) is 4.61. The van der Waals surface area contributed by atoms with Gasteiger partial charge in [-0.1, -0.05) is 53.7 Å². The van der Waals surface area contributed by atoms with E-state index in [1.165, 1.54) is 0 Å². The number of hydrogen-bond donors (Lipinski definition) is 1. The standard InChI is InChI=1S/C26H28N2O4/c1-16(2)28(4)23(29)15-22-17(3)27-32-24(22)20-7-5-18(6-8-20)19-9-11-21(12-10-19)26(13-14-26)25(30)31/h5-12,16H,13-15H2,1-4H3,(H,30,31). The number of benzene rings is 2. The summed E-state index contributed by atoms with van der Waals surface area (Å²) in [7, 11) is 1.80. The van der Waals surface area contributed by atoms with Gasteiger partial charge in [0.1, 0.15) is 0 Å². The van der Waals surface area contributed by atoms with Crippen LogP contribution in [0.5, 0.6) is 0 Å². The number of rotatable bonds is 7. The van der Waals surface area contributed by atoms with E-state index in [1.54, 1.807) is 11.9 Å². The van der Waals surface area contributed by atoms with Crippen molar-refractivity contribution in [2.75, 3.05) is 7.05 Å². The minimum absolute atomic E-state index is 0.0269. The normalized spacial score (nSPS) is 14.4. The summed E-state index contributed by atoms with van der Waals surface area (Å²) in [5.74, 6) is -0.100. The van der Waals surface area contributed by atoms with Crippen molar-refractivity contribution in [3.63, 3.8) is 0 Å². The number of aromatic nitrogens is 1. The fourth-order valence-electron chi connectivity index (χ4n) is 3.93. The van der Waals surface area contributed by atoms with Gasteiger partial charge in [-0.2, -0.15) is 0 Å². The van der Waals surface area contributed by atoms with Crippen LogP contribution in [0.4, 0.5) is 0 Å². The number of carbonyl (C=O) groups is 2. The smallest absolute Gasteiger partial charge is 0.314 e. The Balaban J connectivity index is 1.55. The maximum Gasteiger partial charge on any atom is 0.314 e. The molecule has 6 heteroatoms. The van der Waals surface area contributed by atoms with Crippen molar-refractivity contribution in [2.45, 2.75) is 51.5 Å². The summed E-state index contributed by atoms with van der Waals surface area (Å²) >= 11 is 0. The van der Waals surface area contributed by atoms with E-state index >= 15 is 0 Å². The SMILES string of the molecule is Cc1noc(-c2ccc(-c3ccc(C4(C(=O)O)CC4)cc3)cc2)c1CC(=O)N(C)C(C)C. The maximum atomic E-state index is 12.6. The van der Waals surface area contributed by atoms with E-state index in [4.69, 9.17) is 4.52 Å². The Morgan fingerprint density at radius 3 is 2.06 bits per heavy atom. The largest absolute Gasteiger partial charge is 0.481 e. The molecule has 6 nitrogen and oxygen atoms in total. The number of likely N-dealkylation sites (N-methyl/N-ethyl adjacent to an activating group) is 1. The van der Waals surface area contributed by atoms with Crippen LogP contribution in [0.3, 0.4) is 0 Å². The molecule has 1 aromatic heterocycles. The third-order valence-electron chi connectivity index (χ3n) is 6.56. The van der Waals surface area contributed by atoms with Crippen molar-refractivity contribution >= 4 is 11.9 Å². The first-order valence-corrected chi connectivity index (χ1v) is 10.9. The molecule has 1 aliphatic carbocycles. The van der Waals surface area contributed by atoms with Gasteiger partial charge in [-0.3, -0.25) is 9.59 Å². The van der Waals surface area contributed by atoms with Crippen LogP contribution in [0.25, 0.3) is 22.5 Å². The molecule has 0 spiro atoms. The minimum Gasteiger partial charge on any atom is -0.481 e. The molecule has 0 bridgehead atoms.